The Labute approximate surface area is 147 Å². The number of hydrogen-bond donors (Lipinski definition) is 2. The van der Waals surface area contributed by atoms with Crippen LogP contribution in [0.3, 0.4) is 0 Å². The number of ether oxygens (including phenoxy) is 1. The third-order valence-corrected chi connectivity index (χ3v) is 4.68. The second-order valence-electron chi connectivity index (χ2n) is 6.39. The van der Waals surface area contributed by atoms with E-state index in [-0.39, 0.29) is 12.6 Å². The first-order valence-corrected chi connectivity index (χ1v) is 8.30. The van der Waals surface area contributed by atoms with Gasteiger partial charge in [-0.15, -0.1) is 0 Å². The van der Waals surface area contributed by atoms with Crippen LogP contribution in [0.15, 0.2) is 42.7 Å². The van der Waals surface area contributed by atoms with E-state index in [2.05, 4.69) is 10.3 Å². The Balaban J connectivity index is 1.62. The first-order chi connectivity index (χ1) is 12.0. The van der Waals surface area contributed by atoms with E-state index >= 15 is 0 Å². The smallest absolute Gasteiger partial charge is 0.317 e. The van der Waals surface area contributed by atoms with Gasteiger partial charge in [-0.25, -0.2) is 4.79 Å². The maximum atomic E-state index is 12.4. The number of amides is 2. The molecule has 2 aromatic rings. The molecule has 132 valence electrons. The van der Waals surface area contributed by atoms with Crippen LogP contribution in [0.1, 0.15) is 23.1 Å². The number of likely N-dealkylation sites (N-methyl/N-ethyl adjacent to an activating group) is 1. The predicted octanol–water partition coefficient (Wildman–Crippen LogP) is 2.07. The molecule has 2 amide bonds. The number of aliphatic hydroxyl groups is 1. The van der Waals surface area contributed by atoms with E-state index in [9.17, 15) is 9.90 Å². The van der Waals surface area contributed by atoms with Crippen molar-refractivity contribution in [3.05, 3.63) is 59.4 Å². The molecular weight excluding hydrogens is 318 g/mol. The van der Waals surface area contributed by atoms with Crippen molar-refractivity contribution in [1.82, 2.24) is 15.2 Å². The van der Waals surface area contributed by atoms with Gasteiger partial charge in [0, 0.05) is 31.5 Å². The molecule has 0 aliphatic heterocycles. The minimum Gasteiger partial charge on any atom is -0.496 e. The molecule has 1 aromatic carbocycles. The first-order valence-electron chi connectivity index (χ1n) is 8.30. The van der Waals surface area contributed by atoms with Crippen LogP contribution in [0.2, 0.25) is 0 Å². The maximum Gasteiger partial charge on any atom is 0.317 e. The Hall–Kier alpha value is -2.60. The molecule has 1 aromatic heterocycles. The average Bonchev–Trinajstić information content (AvgIpc) is 2.97. The van der Waals surface area contributed by atoms with Crippen LogP contribution in [0.25, 0.3) is 0 Å². The molecule has 3 rings (SSSR count). The Bertz CT molecular complexity index is 765. The molecule has 1 aliphatic rings. The lowest BCUT2D eigenvalue weighted by Gasteiger charge is -2.30. The monoisotopic (exact) mass is 341 g/mol. The van der Waals surface area contributed by atoms with Crippen LogP contribution >= 0.6 is 0 Å². The summed E-state index contributed by atoms with van der Waals surface area (Å²) in [6, 6.07) is 9.37. The van der Waals surface area contributed by atoms with Crippen molar-refractivity contribution in [3.63, 3.8) is 0 Å². The van der Waals surface area contributed by atoms with E-state index in [0.29, 0.717) is 18.7 Å². The lowest BCUT2D eigenvalue weighted by Crippen LogP contribution is -2.44. The number of nitrogens with zero attached hydrogens (tertiary/aromatic N) is 2. The third-order valence-electron chi connectivity index (χ3n) is 4.68. The highest BCUT2D eigenvalue weighted by Gasteiger charge is 2.38. The van der Waals surface area contributed by atoms with Crippen molar-refractivity contribution in [1.29, 1.82) is 0 Å². The number of methoxy groups -OCH3 is 1. The molecule has 1 aliphatic carbocycles. The SMILES string of the molecule is COc1ccncc1CNC(=O)N(C)CC1(O)CCc2ccccc21. The quantitative estimate of drug-likeness (QED) is 0.873. The molecule has 1 unspecified atom stereocenters. The number of fused-ring (bicyclic) bond motifs is 1. The Morgan fingerprint density at radius 1 is 1.40 bits per heavy atom. The summed E-state index contributed by atoms with van der Waals surface area (Å²) in [5.74, 6) is 0.682. The van der Waals surface area contributed by atoms with Crippen LogP contribution in [0.5, 0.6) is 5.75 Å². The van der Waals surface area contributed by atoms with Crippen LogP contribution in [0, 0.1) is 0 Å². The van der Waals surface area contributed by atoms with E-state index in [1.165, 1.54) is 4.90 Å². The zero-order chi connectivity index (χ0) is 17.9. The summed E-state index contributed by atoms with van der Waals surface area (Å²) in [7, 11) is 3.27. The number of nitrogens with one attached hydrogen (secondary N) is 1. The van der Waals surface area contributed by atoms with Gasteiger partial charge in [0.05, 0.1) is 13.7 Å². The number of rotatable bonds is 5. The van der Waals surface area contributed by atoms with E-state index < -0.39 is 5.60 Å². The molecule has 0 spiro atoms. The van der Waals surface area contributed by atoms with Crippen LogP contribution in [-0.4, -0.2) is 41.7 Å². The van der Waals surface area contributed by atoms with Crippen molar-refractivity contribution in [2.45, 2.75) is 25.0 Å². The number of pyridine rings is 1. The van der Waals surface area contributed by atoms with Gasteiger partial charge >= 0.3 is 6.03 Å². The fourth-order valence-corrected chi connectivity index (χ4v) is 3.35. The molecular formula is C19H23N3O3. The highest BCUT2D eigenvalue weighted by molar-refractivity contribution is 5.74. The highest BCUT2D eigenvalue weighted by atomic mass is 16.5. The van der Waals surface area contributed by atoms with Gasteiger partial charge in [-0.05, 0) is 30.0 Å². The van der Waals surface area contributed by atoms with Crippen molar-refractivity contribution >= 4 is 6.03 Å². The summed E-state index contributed by atoms with van der Waals surface area (Å²) in [5, 5.41) is 13.8. The Kier molecular flexibility index (Phi) is 4.90. The summed E-state index contributed by atoms with van der Waals surface area (Å²) < 4.78 is 5.26. The van der Waals surface area contributed by atoms with Crippen LogP contribution < -0.4 is 10.1 Å². The number of benzene rings is 1. The number of hydrogen-bond acceptors (Lipinski definition) is 4. The number of carbonyl (C=O) groups is 1. The topological polar surface area (TPSA) is 74.7 Å². The summed E-state index contributed by atoms with van der Waals surface area (Å²) >= 11 is 0. The fourth-order valence-electron chi connectivity index (χ4n) is 3.35. The van der Waals surface area contributed by atoms with Crippen LogP contribution in [-0.2, 0) is 18.6 Å². The molecule has 6 nitrogen and oxygen atoms in total. The van der Waals surface area contributed by atoms with Crippen molar-refractivity contribution in [2.24, 2.45) is 0 Å². The normalized spacial score (nSPS) is 18.5. The minimum absolute atomic E-state index is 0.247. The largest absolute Gasteiger partial charge is 0.496 e. The standard InChI is InChI=1S/C19H23N3O3/c1-22(13-19(24)9-7-14-5-3-4-6-16(14)19)18(23)21-12-15-11-20-10-8-17(15)25-2/h3-6,8,10-11,24H,7,9,12-13H2,1-2H3,(H,21,23). The van der Waals surface area contributed by atoms with Gasteiger partial charge in [-0.2, -0.15) is 0 Å². The zero-order valence-electron chi connectivity index (χ0n) is 14.5. The van der Waals surface area contributed by atoms with Crippen molar-refractivity contribution < 1.29 is 14.6 Å². The summed E-state index contributed by atoms with van der Waals surface area (Å²) in [6.07, 6.45) is 4.76. The molecule has 0 saturated heterocycles. The molecule has 0 radical (unpaired) electrons. The molecule has 2 N–H and O–H groups in total. The fraction of sp³-hybridized carbons (Fsp3) is 0.368. The first kappa shape index (κ1) is 17.2. The number of aromatic nitrogens is 1. The summed E-state index contributed by atoms with van der Waals surface area (Å²) in [5.41, 5.74) is 1.88. The van der Waals surface area contributed by atoms with E-state index in [1.807, 2.05) is 24.3 Å². The average molecular weight is 341 g/mol. The number of carbonyl (C=O) groups excluding carboxylic acids is 1. The van der Waals surface area contributed by atoms with Gasteiger partial charge in [0.2, 0.25) is 0 Å². The third kappa shape index (κ3) is 3.58. The maximum absolute atomic E-state index is 12.4. The predicted molar refractivity (Wildman–Crippen MR) is 94.3 cm³/mol. The highest BCUT2D eigenvalue weighted by Crippen LogP contribution is 2.37. The van der Waals surface area contributed by atoms with Gasteiger partial charge in [0.15, 0.2) is 0 Å². The van der Waals surface area contributed by atoms with Gasteiger partial charge in [-0.1, -0.05) is 24.3 Å². The summed E-state index contributed by atoms with van der Waals surface area (Å²) in [6.45, 7) is 0.565. The van der Waals surface area contributed by atoms with Crippen LogP contribution in [0.4, 0.5) is 4.79 Å². The minimum atomic E-state index is -0.991. The van der Waals surface area contributed by atoms with Gasteiger partial charge in [0.1, 0.15) is 11.4 Å². The Morgan fingerprint density at radius 2 is 2.20 bits per heavy atom. The van der Waals surface area contributed by atoms with E-state index in [4.69, 9.17) is 4.74 Å². The van der Waals surface area contributed by atoms with E-state index in [1.54, 1.807) is 32.6 Å². The number of aryl methyl sites for hydroxylation is 1. The molecule has 0 bridgehead atoms. The lowest BCUT2D eigenvalue weighted by atomic mass is 9.95. The zero-order valence-corrected chi connectivity index (χ0v) is 14.5. The molecule has 1 heterocycles. The molecule has 25 heavy (non-hydrogen) atoms. The van der Waals surface area contributed by atoms with Gasteiger partial charge in [0.25, 0.3) is 0 Å². The second-order valence-corrected chi connectivity index (χ2v) is 6.39. The Morgan fingerprint density at radius 3 is 3.00 bits per heavy atom. The van der Waals surface area contributed by atoms with Gasteiger partial charge < -0.3 is 20.1 Å². The van der Waals surface area contributed by atoms with Gasteiger partial charge in [-0.3, -0.25) is 4.98 Å². The van der Waals surface area contributed by atoms with Crippen molar-refractivity contribution in [3.8, 4) is 5.75 Å². The number of urea groups is 1. The molecule has 1 atom stereocenters. The van der Waals surface area contributed by atoms with Crippen molar-refractivity contribution in [2.75, 3.05) is 20.7 Å². The lowest BCUT2D eigenvalue weighted by molar-refractivity contribution is 0.0158. The summed E-state index contributed by atoms with van der Waals surface area (Å²) in [4.78, 5) is 18.0. The second kappa shape index (κ2) is 7.11. The molecule has 0 saturated carbocycles. The molecule has 0 fully saturated rings. The molecule has 6 heteroatoms. The van der Waals surface area contributed by atoms with E-state index in [0.717, 1.165) is 23.1 Å².